The summed E-state index contributed by atoms with van der Waals surface area (Å²) in [6.45, 7) is 1.82. The lowest BCUT2D eigenvalue weighted by molar-refractivity contribution is -0.116. The summed E-state index contributed by atoms with van der Waals surface area (Å²) in [5.74, 6) is 1.59. The molecule has 1 amide bonds. The molecule has 0 aliphatic heterocycles. The summed E-state index contributed by atoms with van der Waals surface area (Å²) in [6.07, 6.45) is 0.415. The van der Waals surface area contributed by atoms with Crippen LogP contribution in [0, 0.1) is 0 Å². The fourth-order valence-electron chi connectivity index (χ4n) is 2.31. The first-order valence-electron chi connectivity index (χ1n) is 8.63. The van der Waals surface area contributed by atoms with Crippen LogP contribution in [0.5, 0.6) is 11.5 Å². The second kappa shape index (κ2) is 10.3. The molecule has 6 nitrogen and oxygen atoms in total. The quantitative estimate of drug-likeness (QED) is 0.640. The van der Waals surface area contributed by atoms with E-state index < -0.39 is 0 Å². The maximum Gasteiger partial charge on any atom is 0.225 e. The van der Waals surface area contributed by atoms with Crippen LogP contribution in [0.25, 0.3) is 0 Å². The minimum absolute atomic E-state index is 0.00817. The predicted molar refractivity (Wildman–Crippen MR) is 105 cm³/mol. The lowest BCUT2D eigenvalue weighted by atomic mass is 10.2. The molecular weight excluding hydrogens is 330 g/mol. The molecule has 0 radical (unpaired) electrons. The highest BCUT2D eigenvalue weighted by atomic mass is 16.5. The molecule has 2 N–H and O–H groups in total. The Kier molecular flexibility index (Phi) is 7.76. The van der Waals surface area contributed by atoms with Gasteiger partial charge in [-0.2, -0.15) is 0 Å². The Morgan fingerprint density at radius 1 is 0.962 bits per heavy atom. The van der Waals surface area contributed by atoms with Crippen molar-refractivity contribution in [3.05, 3.63) is 48.5 Å². The minimum Gasteiger partial charge on any atom is -0.497 e. The van der Waals surface area contributed by atoms with Gasteiger partial charge < -0.3 is 25.0 Å². The molecule has 6 heteroatoms. The average molecular weight is 357 g/mol. The van der Waals surface area contributed by atoms with E-state index in [0.29, 0.717) is 26.1 Å². The predicted octanol–water partition coefficient (Wildman–Crippen LogP) is 2.76. The number of nitrogens with one attached hydrogen (secondary N) is 2. The van der Waals surface area contributed by atoms with Crippen LogP contribution >= 0.6 is 0 Å². The summed E-state index contributed by atoms with van der Waals surface area (Å²) in [7, 11) is 5.60. The molecule has 0 spiro atoms. The molecule has 0 bridgehead atoms. The summed E-state index contributed by atoms with van der Waals surface area (Å²) in [4.78, 5) is 14.0. The summed E-state index contributed by atoms with van der Waals surface area (Å²) >= 11 is 0. The van der Waals surface area contributed by atoms with Crippen LogP contribution in [0.2, 0.25) is 0 Å². The highest BCUT2D eigenvalue weighted by Gasteiger charge is 2.03. The van der Waals surface area contributed by atoms with E-state index in [1.165, 1.54) is 0 Å². The fraction of sp³-hybridized carbons (Fsp3) is 0.350. The third kappa shape index (κ3) is 6.64. The van der Waals surface area contributed by atoms with Gasteiger partial charge in [-0.15, -0.1) is 0 Å². The van der Waals surface area contributed by atoms with Crippen molar-refractivity contribution in [2.24, 2.45) is 0 Å². The van der Waals surface area contributed by atoms with E-state index in [-0.39, 0.29) is 5.91 Å². The fourth-order valence-corrected chi connectivity index (χ4v) is 2.31. The Hall–Kier alpha value is -2.73. The van der Waals surface area contributed by atoms with E-state index in [1.54, 1.807) is 7.11 Å². The number of anilines is 2. The standard InChI is InChI=1S/C20H27N3O3/c1-23(2)17-6-4-16(5-7-17)22-20(24)12-13-21-14-15-26-19-10-8-18(25-3)9-11-19/h4-11,21H,12-15H2,1-3H3,(H,22,24). The van der Waals surface area contributed by atoms with Crippen LogP contribution in [0.3, 0.4) is 0 Å². The van der Waals surface area contributed by atoms with Crippen LogP contribution in [0.15, 0.2) is 48.5 Å². The number of carbonyl (C=O) groups is 1. The number of hydrogen-bond acceptors (Lipinski definition) is 5. The van der Waals surface area contributed by atoms with E-state index in [0.717, 1.165) is 22.9 Å². The van der Waals surface area contributed by atoms with Crippen molar-refractivity contribution in [3.63, 3.8) is 0 Å². The third-order valence-corrected chi connectivity index (χ3v) is 3.80. The Balaban J connectivity index is 1.58. The molecule has 0 heterocycles. The highest BCUT2D eigenvalue weighted by molar-refractivity contribution is 5.91. The zero-order valence-corrected chi connectivity index (χ0v) is 15.6. The van der Waals surface area contributed by atoms with Gasteiger partial charge in [-0.05, 0) is 48.5 Å². The second-order valence-corrected chi connectivity index (χ2v) is 6.01. The van der Waals surface area contributed by atoms with Gasteiger partial charge in [0.2, 0.25) is 5.91 Å². The molecule has 2 aromatic carbocycles. The van der Waals surface area contributed by atoms with Crippen LogP contribution in [-0.2, 0) is 4.79 Å². The molecule has 26 heavy (non-hydrogen) atoms. The average Bonchev–Trinajstić information content (AvgIpc) is 2.65. The maximum atomic E-state index is 11.9. The van der Waals surface area contributed by atoms with Gasteiger partial charge in [-0.1, -0.05) is 0 Å². The molecule has 0 aliphatic rings. The highest BCUT2D eigenvalue weighted by Crippen LogP contribution is 2.17. The zero-order valence-electron chi connectivity index (χ0n) is 15.6. The maximum absolute atomic E-state index is 11.9. The van der Waals surface area contributed by atoms with E-state index in [1.807, 2.05) is 67.5 Å². The van der Waals surface area contributed by atoms with Gasteiger partial charge in [0.25, 0.3) is 0 Å². The Bertz CT molecular complexity index is 670. The molecule has 2 aromatic rings. The molecule has 0 aliphatic carbocycles. The van der Waals surface area contributed by atoms with Gasteiger partial charge in [0.1, 0.15) is 18.1 Å². The van der Waals surface area contributed by atoms with Crippen molar-refractivity contribution in [2.45, 2.75) is 6.42 Å². The van der Waals surface area contributed by atoms with Crippen molar-refractivity contribution < 1.29 is 14.3 Å². The largest absolute Gasteiger partial charge is 0.497 e. The number of benzene rings is 2. The Morgan fingerprint density at radius 3 is 2.23 bits per heavy atom. The summed E-state index contributed by atoms with van der Waals surface area (Å²) < 4.78 is 10.7. The molecule has 140 valence electrons. The molecule has 0 atom stereocenters. The molecule has 0 saturated carbocycles. The van der Waals surface area contributed by atoms with Crippen molar-refractivity contribution >= 4 is 17.3 Å². The van der Waals surface area contributed by atoms with Gasteiger partial charge in [0.15, 0.2) is 0 Å². The number of amides is 1. The Morgan fingerprint density at radius 2 is 1.62 bits per heavy atom. The van der Waals surface area contributed by atoms with Gasteiger partial charge in [-0.25, -0.2) is 0 Å². The van der Waals surface area contributed by atoms with Gasteiger partial charge in [-0.3, -0.25) is 4.79 Å². The van der Waals surface area contributed by atoms with Crippen LogP contribution in [0.4, 0.5) is 11.4 Å². The van der Waals surface area contributed by atoms with Crippen LogP contribution < -0.4 is 25.0 Å². The van der Waals surface area contributed by atoms with Crippen LogP contribution in [-0.4, -0.2) is 46.8 Å². The number of ether oxygens (including phenoxy) is 2. The number of nitrogens with zero attached hydrogens (tertiary/aromatic N) is 1. The van der Waals surface area contributed by atoms with Crippen LogP contribution in [0.1, 0.15) is 6.42 Å². The molecule has 0 unspecified atom stereocenters. The topological polar surface area (TPSA) is 62.8 Å². The van der Waals surface area contributed by atoms with Gasteiger partial charge in [0.05, 0.1) is 7.11 Å². The van der Waals surface area contributed by atoms with Gasteiger partial charge in [0, 0.05) is 45.0 Å². The number of methoxy groups -OCH3 is 1. The number of carbonyl (C=O) groups excluding carboxylic acids is 1. The first-order chi connectivity index (χ1) is 12.6. The first kappa shape index (κ1) is 19.6. The molecular formula is C20H27N3O3. The SMILES string of the molecule is COc1ccc(OCCNCCC(=O)Nc2ccc(N(C)C)cc2)cc1. The van der Waals surface area contributed by atoms with Crippen molar-refractivity contribution in [1.29, 1.82) is 0 Å². The number of rotatable bonds is 10. The first-order valence-corrected chi connectivity index (χ1v) is 8.63. The van der Waals surface area contributed by atoms with Crippen molar-refractivity contribution in [2.75, 3.05) is 51.1 Å². The van der Waals surface area contributed by atoms with Gasteiger partial charge >= 0.3 is 0 Å². The summed E-state index contributed by atoms with van der Waals surface area (Å²) in [5, 5.41) is 6.10. The Labute approximate surface area is 155 Å². The number of hydrogen-bond donors (Lipinski definition) is 2. The van der Waals surface area contributed by atoms with E-state index in [4.69, 9.17) is 9.47 Å². The summed E-state index contributed by atoms with van der Waals surface area (Å²) in [5.41, 5.74) is 1.91. The second-order valence-electron chi connectivity index (χ2n) is 6.01. The van der Waals surface area contributed by atoms with E-state index >= 15 is 0 Å². The smallest absolute Gasteiger partial charge is 0.225 e. The monoisotopic (exact) mass is 357 g/mol. The van der Waals surface area contributed by atoms with Crippen molar-refractivity contribution in [3.8, 4) is 11.5 Å². The van der Waals surface area contributed by atoms with Crippen molar-refractivity contribution in [1.82, 2.24) is 5.32 Å². The minimum atomic E-state index is -0.00817. The molecule has 0 fully saturated rings. The lowest BCUT2D eigenvalue weighted by Gasteiger charge is -2.13. The molecule has 0 saturated heterocycles. The molecule has 2 rings (SSSR count). The zero-order chi connectivity index (χ0) is 18.8. The van der Waals surface area contributed by atoms with E-state index in [9.17, 15) is 4.79 Å². The summed E-state index contributed by atoms with van der Waals surface area (Å²) in [6, 6.07) is 15.2. The van der Waals surface area contributed by atoms with E-state index in [2.05, 4.69) is 10.6 Å². The molecule has 0 aromatic heterocycles. The third-order valence-electron chi connectivity index (χ3n) is 3.80. The lowest BCUT2D eigenvalue weighted by Crippen LogP contribution is -2.25. The normalized spacial score (nSPS) is 10.3.